The number of amides is 1. The Morgan fingerprint density at radius 1 is 1.18 bits per heavy atom. The van der Waals surface area contributed by atoms with Crippen LogP contribution in [0.15, 0.2) is 53.7 Å². The number of anilines is 1. The Hall–Kier alpha value is -2.93. The minimum absolute atomic E-state index is 0.138. The zero-order valence-electron chi connectivity index (χ0n) is 16.4. The molecule has 0 spiro atoms. The predicted octanol–water partition coefficient (Wildman–Crippen LogP) is 3.84. The van der Waals surface area contributed by atoms with Gasteiger partial charge in [-0.25, -0.2) is 13.4 Å². The molecule has 0 bridgehead atoms. The molecule has 0 aliphatic rings. The molecule has 0 unspecified atom stereocenters. The Morgan fingerprint density at radius 2 is 1.93 bits per heavy atom. The molecule has 28 heavy (non-hydrogen) atoms. The van der Waals surface area contributed by atoms with Crippen LogP contribution in [0.1, 0.15) is 28.4 Å². The van der Waals surface area contributed by atoms with Crippen molar-refractivity contribution in [2.24, 2.45) is 0 Å². The molecule has 0 atom stereocenters. The minimum Gasteiger partial charge on any atom is -0.331 e. The van der Waals surface area contributed by atoms with E-state index < -0.39 is 9.84 Å². The van der Waals surface area contributed by atoms with Crippen molar-refractivity contribution in [3.8, 4) is 11.4 Å². The number of aryl methyl sites for hydroxylation is 2. The number of hydrogen-bond acceptors (Lipinski definition) is 4. The number of aromatic nitrogens is 2. The maximum Gasteiger partial charge on any atom is 0.255 e. The number of hydrogen-bond donors (Lipinski definition) is 1. The molecule has 1 N–H and O–H groups in total. The van der Waals surface area contributed by atoms with E-state index >= 15 is 0 Å². The van der Waals surface area contributed by atoms with Crippen LogP contribution in [-0.2, 0) is 16.4 Å². The summed E-state index contributed by atoms with van der Waals surface area (Å²) in [6.07, 6.45) is 4.79. The van der Waals surface area contributed by atoms with E-state index in [-0.39, 0.29) is 10.8 Å². The van der Waals surface area contributed by atoms with Crippen molar-refractivity contribution in [2.45, 2.75) is 32.2 Å². The molecule has 6 nitrogen and oxygen atoms in total. The van der Waals surface area contributed by atoms with Crippen LogP contribution < -0.4 is 5.32 Å². The first-order chi connectivity index (χ1) is 13.2. The number of carbonyl (C=O) groups excluding carboxylic acids is 1. The van der Waals surface area contributed by atoms with E-state index in [0.29, 0.717) is 11.3 Å². The molecule has 2 aromatic carbocycles. The Kier molecular flexibility index (Phi) is 5.38. The van der Waals surface area contributed by atoms with Crippen molar-refractivity contribution < 1.29 is 13.2 Å². The maximum absolute atomic E-state index is 12.9. The molecule has 1 amide bonds. The molecule has 1 heterocycles. The fraction of sp³-hybridized carbons (Fsp3) is 0.238. The van der Waals surface area contributed by atoms with Crippen molar-refractivity contribution in [2.75, 3.05) is 11.6 Å². The van der Waals surface area contributed by atoms with Crippen LogP contribution in [0.2, 0.25) is 0 Å². The number of nitrogens with one attached hydrogen (secondary N) is 1. The highest BCUT2D eigenvalue weighted by molar-refractivity contribution is 7.90. The second-order valence-electron chi connectivity index (χ2n) is 6.76. The van der Waals surface area contributed by atoms with Gasteiger partial charge < -0.3 is 9.88 Å². The van der Waals surface area contributed by atoms with Gasteiger partial charge in [0.05, 0.1) is 4.90 Å². The van der Waals surface area contributed by atoms with Gasteiger partial charge in [0.2, 0.25) is 0 Å². The largest absolute Gasteiger partial charge is 0.331 e. The number of imidazole rings is 1. The van der Waals surface area contributed by atoms with Gasteiger partial charge in [-0.2, -0.15) is 0 Å². The molecular weight excluding hydrogens is 374 g/mol. The monoisotopic (exact) mass is 397 g/mol. The lowest BCUT2D eigenvalue weighted by atomic mass is 10.0. The summed E-state index contributed by atoms with van der Waals surface area (Å²) in [4.78, 5) is 17.4. The summed E-state index contributed by atoms with van der Waals surface area (Å²) in [7, 11) is -3.41. The number of nitrogens with zero attached hydrogens (tertiary/aromatic N) is 2. The van der Waals surface area contributed by atoms with Gasteiger partial charge in [0.15, 0.2) is 9.84 Å². The number of carbonyl (C=O) groups is 1. The van der Waals surface area contributed by atoms with E-state index in [1.54, 1.807) is 25.3 Å². The Bertz CT molecular complexity index is 1150. The quantitative estimate of drug-likeness (QED) is 0.709. The normalized spacial score (nSPS) is 11.4. The van der Waals surface area contributed by atoms with Gasteiger partial charge in [-0.15, -0.1) is 0 Å². The van der Waals surface area contributed by atoms with Crippen LogP contribution in [-0.4, -0.2) is 30.1 Å². The van der Waals surface area contributed by atoms with E-state index in [9.17, 15) is 13.2 Å². The molecule has 7 heteroatoms. The van der Waals surface area contributed by atoms with Crippen LogP contribution >= 0.6 is 0 Å². The van der Waals surface area contributed by atoms with Gasteiger partial charge in [-0.05, 0) is 56.2 Å². The zero-order valence-corrected chi connectivity index (χ0v) is 17.2. The van der Waals surface area contributed by atoms with Crippen LogP contribution in [0, 0.1) is 13.8 Å². The summed E-state index contributed by atoms with van der Waals surface area (Å²) in [5.41, 5.74) is 3.37. The summed E-state index contributed by atoms with van der Waals surface area (Å²) < 4.78 is 25.9. The minimum atomic E-state index is -3.41. The second-order valence-corrected chi connectivity index (χ2v) is 8.77. The summed E-state index contributed by atoms with van der Waals surface area (Å²) in [5, 5.41) is 2.87. The molecule has 146 valence electrons. The van der Waals surface area contributed by atoms with E-state index in [2.05, 4.69) is 10.3 Å². The Morgan fingerprint density at radius 3 is 2.61 bits per heavy atom. The standard InChI is InChI=1S/C21H23N3O3S/c1-5-24-10-9-22-20(24)16-7-6-8-17(12-16)23-21(25)19-13-18(28(4,26)27)11-14(2)15(19)3/h6-13H,5H2,1-4H3,(H,23,25). The fourth-order valence-electron chi connectivity index (χ4n) is 3.04. The SMILES string of the molecule is CCn1ccnc1-c1cccc(NC(=O)c2cc(S(C)(=O)=O)cc(C)c2C)c1. The molecule has 0 radical (unpaired) electrons. The smallest absolute Gasteiger partial charge is 0.255 e. The highest BCUT2D eigenvalue weighted by Gasteiger charge is 2.17. The summed E-state index contributed by atoms with van der Waals surface area (Å²) >= 11 is 0. The highest BCUT2D eigenvalue weighted by Crippen LogP contribution is 2.24. The molecule has 0 saturated heterocycles. The van der Waals surface area contributed by atoms with Crippen molar-refractivity contribution in [3.63, 3.8) is 0 Å². The molecule has 0 saturated carbocycles. The molecule has 0 aliphatic carbocycles. The van der Waals surface area contributed by atoms with E-state index in [1.165, 1.54) is 6.07 Å². The van der Waals surface area contributed by atoms with Crippen molar-refractivity contribution in [3.05, 3.63) is 65.5 Å². The highest BCUT2D eigenvalue weighted by atomic mass is 32.2. The van der Waals surface area contributed by atoms with Gasteiger partial charge in [-0.1, -0.05) is 12.1 Å². The lowest BCUT2D eigenvalue weighted by Crippen LogP contribution is -2.15. The zero-order chi connectivity index (χ0) is 20.5. The average molecular weight is 398 g/mol. The summed E-state index contributed by atoms with van der Waals surface area (Å²) in [6, 6.07) is 10.5. The fourth-order valence-corrected chi connectivity index (χ4v) is 3.76. The first kappa shape index (κ1) is 19.8. The third-order valence-electron chi connectivity index (χ3n) is 4.75. The molecule has 1 aromatic heterocycles. The van der Waals surface area contributed by atoms with Gasteiger partial charge in [-0.3, -0.25) is 4.79 Å². The lowest BCUT2D eigenvalue weighted by Gasteiger charge is -2.13. The Balaban J connectivity index is 1.94. The van der Waals surface area contributed by atoms with Crippen molar-refractivity contribution in [1.29, 1.82) is 0 Å². The van der Waals surface area contributed by atoms with Crippen LogP contribution in [0.3, 0.4) is 0 Å². The van der Waals surface area contributed by atoms with Crippen molar-refractivity contribution in [1.82, 2.24) is 9.55 Å². The van der Waals surface area contributed by atoms with Gasteiger partial charge in [0, 0.05) is 42.0 Å². The molecule has 0 fully saturated rings. The predicted molar refractivity (Wildman–Crippen MR) is 110 cm³/mol. The first-order valence-electron chi connectivity index (χ1n) is 8.95. The van der Waals surface area contributed by atoms with E-state index in [0.717, 1.165) is 35.3 Å². The maximum atomic E-state index is 12.9. The van der Waals surface area contributed by atoms with Crippen LogP contribution in [0.4, 0.5) is 5.69 Å². The van der Waals surface area contributed by atoms with Crippen LogP contribution in [0.5, 0.6) is 0 Å². The molecule has 0 aliphatic heterocycles. The lowest BCUT2D eigenvalue weighted by molar-refractivity contribution is 0.102. The summed E-state index contributed by atoms with van der Waals surface area (Å²) in [5.74, 6) is 0.479. The first-order valence-corrected chi connectivity index (χ1v) is 10.8. The number of rotatable bonds is 5. The van der Waals surface area contributed by atoms with Crippen LogP contribution in [0.25, 0.3) is 11.4 Å². The van der Waals surface area contributed by atoms with Crippen molar-refractivity contribution >= 4 is 21.4 Å². The Labute approximate surface area is 165 Å². The average Bonchev–Trinajstić information content (AvgIpc) is 3.12. The van der Waals surface area contributed by atoms with E-state index in [1.807, 2.05) is 42.8 Å². The topological polar surface area (TPSA) is 81.1 Å². The van der Waals surface area contributed by atoms with Gasteiger partial charge in [0.1, 0.15) is 5.82 Å². The number of benzene rings is 2. The molecule has 3 rings (SSSR count). The number of sulfone groups is 1. The van der Waals surface area contributed by atoms with Gasteiger partial charge in [0.25, 0.3) is 5.91 Å². The van der Waals surface area contributed by atoms with E-state index in [4.69, 9.17) is 0 Å². The molecular formula is C21H23N3O3S. The molecule has 3 aromatic rings. The second kappa shape index (κ2) is 7.59. The third kappa shape index (κ3) is 3.99. The third-order valence-corrected chi connectivity index (χ3v) is 5.84. The van der Waals surface area contributed by atoms with Gasteiger partial charge >= 0.3 is 0 Å². The summed E-state index contributed by atoms with van der Waals surface area (Å²) in [6.45, 7) is 6.44.